The molecule has 2 atom stereocenters. The first kappa shape index (κ1) is 25.6. The summed E-state index contributed by atoms with van der Waals surface area (Å²) in [5, 5.41) is 3.88. The second-order valence-corrected chi connectivity index (χ2v) is 11.8. The molecule has 1 fully saturated rings. The number of Topliss-reactive ketones (excluding diaryl/α,β-unsaturated/α-hetero) is 1. The van der Waals surface area contributed by atoms with Gasteiger partial charge in [-0.3, -0.25) is 9.59 Å². The van der Waals surface area contributed by atoms with Crippen molar-refractivity contribution < 1.29 is 23.3 Å². The zero-order chi connectivity index (χ0) is 24.1. The number of hydrogen-bond acceptors (Lipinski definition) is 7. The molecule has 1 N–H and O–H groups in total. The summed E-state index contributed by atoms with van der Waals surface area (Å²) >= 11 is 1.50. The van der Waals surface area contributed by atoms with E-state index in [0.29, 0.717) is 13.2 Å². The van der Waals surface area contributed by atoms with Crippen molar-refractivity contribution in [3.8, 4) is 0 Å². The quantitative estimate of drug-likeness (QED) is 0.427. The lowest BCUT2D eigenvalue weighted by Crippen LogP contribution is -2.50. The van der Waals surface area contributed by atoms with Crippen LogP contribution in [-0.2, 0) is 35.6 Å². The first-order valence-corrected chi connectivity index (χ1v) is 13.0. The Labute approximate surface area is 202 Å². The Morgan fingerprint density at radius 2 is 1.79 bits per heavy atom. The molecule has 9 heteroatoms. The number of carbonyl (C=O) groups excluding carboxylic acids is 2. The third-order valence-electron chi connectivity index (χ3n) is 5.60. The highest BCUT2D eigenvalue weighted by Crippen LogP contribution is 2.37. The molecule has 33 heavy (non-hydrogen) atoms. The van der Waals surface area contributed by atoms with Gasteiger partial charge in [-0.2, -0.15) is 11.3 Å². The second kappa shape index (κ2) is 10.9. The maximum Gasteiger partial charge on any atom is 0.313 e. The van der Waals surface area contributed by atoms with Gasteiger partial charge in [0.2, 0.25) is 0 Å². The second-order valence-electron chi connectivity index (χ2n) is 9.02. The number of benzene rings is 1. The minimum absolute atomic E-state index is 0.0302. The smallest absolute Gasteiger partial charge is 0.313 e. The van der Waals surface area contributed by atoms with Crippen LogP contribution >= 0.6 is 11.3 Å². The van der Waals surface area contributed by atoms with Crippen molar-refractivity contribution in [2.75, 3.05) is 38.3 Å². The topological polar surface area (TPSA) is 84.9 Å². The minimum atomic E-state index is -1.47. The van der Waals surface area contributed by atoms with Gasteiger partial charge in [-0.15, -0.1) is 0 Å². The van der Waals surface area contributed by atoms with E-state index < -0.39 is 27.2 Å². The van der Waals surface area contributed by atoms with Crippen LogP contribution in [0.3, 0.4) is 0 Å². The molecule has 0 radical (unpaired) electrons. The normalized spacial score (nSPS) is 17.3. The van der Waals surface area contributed by atoms with Crippen LogP contribution in [0.15, 0.2) is 41.1 Å². The molecule has 0 spiro atoms. The molecule has 2 heterocycles. The van der Waals surface area contributed by atoms with Crippen molar-refractivity contribution in [3.05, 3.63) is 52.2 Å². The Hall–Kier alpha value is -2.07. The Kier molecular flexibility index (Phi) is 8.44. The number of rotatable bonds is 9. The Balaban J connectivity index is 2.04. The molecule has 0 bridgehead atoms. The summed E-state index contributed by atoms with van der Waals surface area (Å²) in [6.45, 7) is 8.66. The fourth-order valence-corrected chi connectivity index (χ4v) is 5.37. The highest BCUT2D eigenvalue weighted by atomic mass is 32.2. The van der Waals surface area contributed by atoms with Crippen LogP contribution in [-0.4, -0.2) is 54.1 Å². The van der Waals surface area contributed by atoms with Crippen LogP contribution in [0.5, 0.6) is 0 Å². The van der Waals surface area contributed by atoms with Crippen molar-refractivity contribution in [2.24, 2.45) is 0 Å². The summed E-state index contributed by atoms with van der Waals surface area (Å²) < 4.78 is 26.2. The summed E-state index contributed by atoms with van der Waals surface area (Å²) in [5.41, 5.74) is 1.67. The third kappa shape index (κ3) is 6.29. The molecule has 1 aliphatic heterocycles. The zero-order valence-corrected chi connectivity index (χ0v) is 21.2. The van der Waals surface area contributed by atoms with Gasteiger partial charge < -0.3 is 14.4 Å². The van der Waals surface area contributed by atoms with Crippen LogP contribution < -0.4 is 9.62 Å². The summed E-state index contributed by atoms with van der Waals surface area (Å²) in [4.78, 5) is 27.0. The van der Waals surface area contributed by atoms with Crippen LogP contribution in [0.1, 0.15) is 44.7 Å². The van der Waals surface area contributed by atoms with Gasteiger partial charge >= 0.3 is 5.97 Å². The molecular weight excluding hydrogens is 460 g/mol. The molecule has 1 aromatic carbocycles. The number of nitrogens with zero attached hydrogens (tertiary/aromatic N) is 1. The van der Waals surface area contributed by atoms with E-state index >= 15 is 0 Å². The van der Waals surface area contributed by atoms with E-state index in [0.717, 1.165) is 29.9 Å². The summed E-state index contributed by atoms with van der Waals surface area (Å²) in [7, 11) is -0.210. The highest BCUT2D eigenvalue weighted by Gasteiger charge is 2.41. The number of hydrogen-bond donors (Lipinski definition) is 1. The monoisotopic (exact) mass is 492 g/mol. The SMILES string of the molecule is COC(=O)CC(=O)C[C@@](NS(=O)C(C)(C)C)(c1ccc(N2CCOCC2)cc1)c1ccsc1. The molecule has 180 valence electrons. The van der Waals surface area contributed by atoms with Crippen molar-refractivity contribution in [2.45, 2.75) is 43.9 Å². The van der Waals surface area contributed by atoms with Gasteiger partial charge in [0.25, 0.3) is 0 Å². The van der Waals surface area contributed by atoms with Gasteiger partial charge in [0.1, 0.15) is 12.2 Å². The summed E-state index contributed by atoms with van der Waals surface area (Å²) in [6, 6.07) is 9.92. The lowest BCUT2D eigenvalue weighted by molar-refractivity contribution is -0.143. The highest BCUT2D eigenvalue weighted by molar-refractivity contribution is 7.84. The van der Waals surface area contributed by atoms with Gasteiger partial charge in [0.15, 0.2) is 0 Å². The van der Waals surface area contributed by atoms with Crippen LogP contribution in [0.25, 0.3) is 0 Å². The fraction of sp³-hybridized carbons (Fsp3) is 0.500. The molecule has 3 rings (SSSR count). The largest absolute Gasteiger partial charge is 0.469 e. The number of anilines is 1. The van der Waals surface area contributed by atoms with Crippen LogP contribution in [0, 0.1) is 0 Å². The van der Waals surface area contributed by atoms with Crippen LogP contribution in [0.4, 0.5) is 5.69 Å². The van der Waals surface area contributed by atoms with E-state index in [1.165, 1.54) is 18.4 Å². The van der Waals surface area contributed by atoms with E-state index in [9.17, 15) is 13.8 Å². The van der Waals surface area contributed by atoms with Gasteiger partial charge in [0, 0.05) is 25.2 Å². The number of ketones is 1. The predicted octanol–water partition coefficient (Wildman–Crippen LogP) is 3.40. The van der Waals surface area contributed by atoms with Crippen molar-refractivity contribution in [1.29, 1.82) is 0 Å². The average Bonchev–Trinajstić information content (AvgIpc) is 3.34. The number of thiophene rings is 1. The van der Waals surface area contributed by atoms with Gasteiger partial charge in [-0.05, 0) is 60.9 Å². The number of ether oxygens (including phenoxy) is 2. The first-order chi connectivity index (χ1) is 15.7. The standard InChI is InChI=1S/C24H32N2O5S2/c1-23(2,3)33(29)25-24(19-9-14-32-17-19,16-21(27)15-22(28)30-4)18-5-7-20(8-6-18)26-10-12-31-13-11-26/h5-9,14,17,25H,10-13,15-16H2,1-4H3/t24-,33?/m1/s1. The number of methoxy groups -OCH3 is 1. The Morgan fingerprint density at radius 1 is 1.12 bits per heavy atom. The van der Waals surface area contributed by atoms with Gasteiger partial charge in [-0.1, -0.05) is 12.1 Å². The molecule has 1 aliphatic rings. The molecule has 1 unspecified atom stereocenters. The van der Waals surface area contributed by atoms with E-state index in [1.807, 2.05) is 61.9 Å². The number of morpholine rings is 1. The zero-order valence-electron chi connectivity index (χ0n) is 19.6. The van der Waals surface area contributed by atoms with E-state index in [1.54, 1.807) is 0 Å². The molecule has 0 amide bonds. The van der Waals surface area contributed by atoms with Crippen molar-refractivity contribution in [1.82, 2.24) is 4.72 Å². The molecule has 2 aromatic rings. The maximum absolute atomic E-state index is 13.3. The lowest BCUT2D eigenvalue weighted by atomic mass is 9.80. The Bertz CT molecular complexity index is 964. The molecule has 7 nitrogen and oxygen atoms in total. The van der Waals surface area contributed by atoms with E-state index in [-0.39, 0.29) is 18.6 Å². The lowest BCUT2D eigenvalue weighted by Gasteiger charge is -2.37. The molecule has 0 saturated carbocycles. The van der Waals surface area contributed by atoms with Crippen molar-refractivity contribution >= 4 is 39.8 Å². The molecule has 0 aliphatic carbocycles. The van der Waals surface area contributed by atoms with Crippen molar-refractivity contribution in [3.63, 3.8) is 0 Å². The minimum Gasteiger partial charge on any atom is -0.469 e. The summed E-state index contributed by atoms with van der Waals surface area (Å²) in [5.74, 6) is -0.873. The number of esters is 1. The predicted molar refractivity (Wildman–Crippen MR) is 132 cm³/mol. The molecule has 1 saturated heterocycles. The molecular formula is C24H32N2O5S2. The number of nitrogens with one attached hydrogen (secondary N) is 1. The van der Waals surface area contributed by atoms with E-state index in [2.05, 4.69) is 9.62 Å². The van der Waals surface area contributed by atoms with Crippen LogP contribution in [0.2, 0.25) is 0 Å². The fourth-order valence-electron chi connectivity index (χ4n) is 3.71. The first-order valence-electron chi connectivity index (χ1n) is 10.9. The third-order valence-corrected chi connectivity index (χ3v) is 7.93. The summed E-state index contributed by atoms with van der Waals surface area (Å²) in [6.07, 6.45) is -0.365. The molecule has 1 aromatic heterocycles. The van der Waals surface area contributed by atoms with Gasteiger partial charge in [0.05, 0.1) is 41.6 Å². The average molecular weight is 493 g/mol. The maximum atomic E-state index is 13.3. The van der Waals surface area contributed by atoms with E-state index in [4.69, 9.17) is 9.47 Å². The van der Waals surface area contributed by atoms with Gasteiger partial charge in [-0.25, -0.2) is 8.93 Å². The number of carbonyl (C=O) groups is 2. The Morgan fingerprint density at radius 3 is 2.33 bits per heavy atom.